The van der Waals surface area contributed by atoms with E-state index < -0.39 is 0 Å². The number of hydrogen-bond acceptors (Lipinski definition) is 3. The van der Waals surface area contributed by atoms with Crippen molar-refractivity contribution in [3.05, 3.63) is 29.6 Å². The number of hydrogen-bond donors (Lipinski definition) is 2. The minimum absolute atomic E-state index is 0.127. The zero-order valence-corrected chi connectivity index (χ0v) is 12.7. The number of amides is 1. The molecule has 0 aliphatic carbocycles. The first-order valence-electron chi connectivity index (χ1n) is 6.95. The quantitative estimate of drug-likeness (QED) is 0.802. The second-order valence-corrected chi connectivity index (χ2v) is 4.97. The van der Waals surface area contributed by atoms with Crippen molar-refractivity contribution in [2.45, 2.75) is 33.4 Å². The van der Waals surface area contributed by atoms with Crippen LogP contribution in [0.5, 0.6) is 0 Å². The number of nitrogens with zero attached hydrogens (tertiary/aromatic N) is 1. The van der Waals surface area contributed by atoms with Gasteiger partial charge in [-0.3, -0.25) is 4.79 Å². The van der Waals surface area contributed by atoms with E-state index in [1.54, 1.807) is 18.0 Å². The Morgan fingerprint density at radius 1 is 1.40 bits per heavy atom. The molecule has 0 bridgehead atoms. The first-order chi connectivity index (χ1) is 9.49. The van der Waals surface area contributed by atoms with Crippen molar-refractivity contribution >= 4 is 11.6 Å². The first kappa shape index (κ1) is 16.4. The van der Waals surface area contributed by atoms with Crippen LogP contribution in [-0.4, -0.2) is 32.1 Å². The second-order valence-electron chi connectivity index (χ2n) is 4.97. The summed E-state index contributed by atoms with van der Waals surface area (Å²) >= 11 is 0. The Morgan fingerprint density at radius 3 is 2.65 bits per heavy atom. The first-order valence-corrected chi connectivity index (χ1v) is 6.95. The lowest BCUT2D eigenvalue weighted by molar-refractivity contribution is -0.119. The maximum atomic E-state index is 14.2. The van der Waals surface area contributed by atoms with Crippen LogP contribution < -0.4 is 15.5 Å². The summed E-state index contributed by atoms with van der Waals surface area (Å²) in [6.07, 6.45) is 0. The maximum absolute atomic E-state index is 14.2. The molecule has 0 aliphatic heterocycles. The summed E-state index contributed by atoms with van der Waals surface area (Å²) in [5, 5.41) is 5.85. The van der Waals surface area contributed by atoms with Crippen molar-refractivity contribution in [2.24, 2.45) is 0 Å². The third kappa shape index (κ3) is 4.49. The van der Waals surface area contributed by atoms with Gasteiger partial charge in [0.2, 0.25) is 5.91 Å². The molecule has 0 aliphatic rings. The largest absolute Gasteiger partial charge is 0.360 e. The van der Waals surface area contributed by atoms with E-state index in [1.165, 1.54) is 6.07 Å². The molecule has 0 aromatic heterocycles. The third-order valence-corrected chi connectivity index (χ3v) is 3.08. The van der Waals surface area contributed by atoms with Crippen molar-refractivity contribution in [2.75, 3.05) is 25.0 Å². The molecule has 20 heavy (non-hydrogen) atoms. The summed E-state index contributed by atoms with van der Waals surface area (Å²) in [5.74, 6) is -0.420. The van der Waals surface area contributed by atoms with Gasteiger partial charge in [-0.2, -0.15) is 0 Å². The number of carbonyl (C=O) groups is 1. The second kappa shape index (κ2) is 7.85. The van der Waals surface area contributed by atoms with Crippen LogP contribution in [0.4, 0.5) is 10.1 Å². The molecule has 0 unspecified atom stereocenters. The molecule has 0 fully saturated rings. The van der Waals surface area contributed by atoms with Crippen molar-refractivity contribution in [1.29, 1.82) is 0 Å². The Hall–Kier alpha value is -1.62. The minimum Gasteiger partial charge on any atom is -0.360 e. The van der Waals surface area contributed by atoms with E-state index in [2.05, 4.69) is 10.6 Å². The molecule has 4 nitrogen and oxygen atoms in total. The van der Waals surface area contributed by atoms with Crippen LogP contribution >= 0.6 is 0 Å². The molecule has 0 radical (unpaired) electrons. The average molecular weight is 281 g/mol. The lowest BCUT2D eigenvalue weighted by Crippen LogP contribution is -2.37. The van der Waals surface area contributed by atoms with Crippen LogP contribution in [-0.2, 0) is 11.3 Å². The highest BCUT2D eigenvalue weighted by molar-refractivity contribution is 5.81. The van der Waals surface area contributed by atoms with Gasteiger partial charge in [0.15, 0.2) is 0 Å². The molecule has 1 amide bonds. The van der Waals surface area contributed by atoms with Crippen LogP contribution in [0.1, 0.15) is 26.3 Å². The number of likely N-dealkylation sites (N-methyl/N-ethyl adjacent to an activating group) is 2. The van der Waals surface area contributed by atoms with Gasteiger partial charge in [0.05, 0.1) is 12.2 Å². The van der Waals surface area contributed by atoms with Crippen LogP contribution in [0.15, 0.2) is 18.2 Å². The van der Waals surface area contributed by atoms with E-state index in [9.17, 15) is 9.18 Å². The van der Waals surface area contributed by atoms with Crippen molar-refractivity contribution in [1.82, 2.24) is 10.6 Å². The van der Waals surface area contributed by atoms with E-state index in [0.717, 1.165) is 5.56 Å². The fraction of sp³-hybridized carbons (Fsp3) is 0.533. The number of benzene rings is 1. The molecular formula is C15H24FN3O. The van der Waals surface area contributed by atoms with E-state index in [4.69, 9.17) is 0 Å². The average Bonchev–Trinajstić information content (AvgIpc) is 2.42. The van der Waals surface area contributed by atoms with Gasteiger partial charge in [-0.05, 0) is 18.6 Å². The zero-order valence-electron chi connectivity index (χ0n) is 12.7. The summed E-state index contributed by atoms with van der Waals surface area (Å²) < 4.78 is 14.2. The number of halogens is 1. The molecule has 112 valence electrons. The van der Waals surface area contributed by atoms with Crippen molar-refractivity contribution in [3.63, 3.8) is 0 Å². The van der Waals surface area contributed by atoms with E-state index in [0.29, 0.717) is 24.8 Å². The fourth-order valence-corrected chi connectivity index (χ4v) is 1.97. The summed E-state index contributed by atoms with van der Waals surface area (Å²) in [5.41, 5.74) is 1.37. The molecule has 1 aromatic rings. The molecular weight excluding hydrogens is 257 g/mol. The number of carbonyl (C=O) groups excluding carboxylic acids is 1. The molecule has 0 heterocycles. The van der Waals surface area contributed by atoms with Gasteiger partial charge >= 0.3 is 0 Å². The van der Waals surface area contributed by atoms with Crippen molar-refractivity contribution in [3.8, 4) is 0 Å². The number of anilines is 1. The van der Waals surface area contributed by atoms with Gasteiger partial charge in [-0.15, -0.1) is 0 Å². The van der Waals surface area contributed by atoms with E-state index >= 15 is 0 Å². The fourth-order valence-electron chi connectivity index (χ4n) is 1.97. The Morgan fingerprint density at radius 2 is 2.10 bits per heavy atom. The minimum atomic E-state index is -0.293. The van der Waals surface area contributed by atoms with Gasteiger partial charge < -0.3 is 15.5 Å². The van der Waals surface area contributed by atoms with E-state index in [-0.39, 0.29) is 18.3 Å². The van der Waals surface area contributed by atoms with Gasteiger partial charge in [-0.25, -0.2) is 4.39 Å². The summed E-state index contributed by atoms with van der Waals surface area (Å²) in [6, 6.07) is 5.34. The Kier molecular flexibility index (Phi) is 6.45. The predicted octanol–water partition coefficient (Wildman–Crippen LogP) is 1.90. The molecule has 1 aromatic carbocycles. The van der Waals surface area contributed by atoms with Crippen LogP contribution in [0.25, 0.3) is 0 Å². The molecule has 0 saturated heterocycles. The number of nitrogens with one attached hydrogen (secondary N) is 2. The normalized spacial score (nSPS) is 10.7. The molecule has 1 rings (SSSR count). The highest BCUT2D eigenvalue weighted by Crippen LogP contribution is 2.24. The topological polar surface area (TPSA) is 44.4 Å². The maximum Gasteiger partial charge on any atom is 0.239 e. The van der Waals surface area contributed by atoms with Gasteiger partial charge in [-0.1, -0.05) is 26.0 Å². The monoisotopic (exact) mass is 281 g/mol. The van der Waals surface area contributed by atoms with Crippen LogP contribution in [0.2, 0.25) is 0 Å². The van der Waals surface area contributed by atoms with Crippen molar-refractivity contribution < 1.29 is 9.18 Å². The highest BCUT2D eigenvalue weighted by Gasteiger charge is 2.17. The number of para-hydroxylation sites is 1. The van der Waals surface area contributed by atoms with E-state index in [1.807, 2.05) is 26.8 Å². The van der Waals surface area contributed by atoms with Gasteiger partial charge in [0.1, 0.15) is 5.82 Å². The standard InChI is InChI=1S/C15H24FN3O/c1-5-19(10-14(20)17-4)15-12(9-18-11(2)3)7-6-8-13(15)16/h6-8,11,18H,5,9-10H2,1-4H3,(H,17,20). The molecule has 5 heteroatoms. The van der Waals surface area contributed by atoms with Gasteiger partial charge in [0, 0.05) is 26.2 Å². The third-order valence-electron chi connectivity index (χ3n) is 3.08. The smallest absolute Gasteiger partial charge is 0.239 e. The Balaban J connectivity index is 3.02. The number of rotatable bonds is 7. The summed E-state index contributed by atoms with van der Waals surface area (Å²) in [4.78, 5) is 13.3. The SMILES string of the molecule is CCN(CC(=O)NC)c1c(F)cccc1CNC(C)C. The Labute approximate surface area is 120 Å². The summed E-state index contributed by atoms with van der Waals surface area (Å²) in [7, 11) is 1.58. The van der Waals surface area contributed by atoms with Gasteiger partial charge in [0.25, 0.3) is 0 Å². The lowest BCUT2D eigenvalue weighted by Gasteiger charge is -2.26. The molecule has 0 saturated carbocycles. The Bertz CT molecular complexity index is 449. The zero-order chi connectivity index (χ0) is 15.1. The summed E-state index contributed by atoms with van der Waals surface area (Å²) in [6.45, 7) is 7.30. The highest BCUT2D eigenvalue weighted by atomic mass is 19.1. The molecule has 0 spiro atoms. The molecule has 2 N–H and O–H groups in total. The predicted molar refractivity (Wildman–Crippen MR) is 80.3 cm³/mol. The van der Waals surface area contributed by atoms with Crippen LogP contribution in [0.3, 0.4) is 0 Å². The molecule has 0 atom stereocenters. The lowest BCUT2D eigenvalue weighted by atomic mass is 10.1. The van der Waals surface area contributed by atoms with Crippen LogP contribution in [0, 0.1) is 5.82 Å².